The van der Waals surface area contributed by atoms with Crippen molar-refractivity contribution in [2.75, 3.05) is 6.54 Å². The molecule has 20 heavy (non-hydrogen) atoms. The highest BCUT2D eigenvalue weighted by molar-refractivity contribution is 7.80. The number of hydrogen-bond donors (Lipinski definition) is 1. The van der Waals surface area contributed by atoms with Gasteiger partial charge in [-0.15, -0.1) is 11.3 Å². The van der Waals surface area contributed by atoms with Gasteiger partial charge in [0.05, 0.1) is 0 Å². The van der Waals surface area contributed by atoms with Gasteiger partial charge in [-0.25, -0.2) is 0 Å². The Balaban J connectivity index is 1.79. The molecule has 0 saturated heterocycles. The zero-order valence-electron chi connectivity index (χ0n) is 11.5. The maximum Gasteiger partial charge on any atom is 0.103 e. The van der Waals surface area contributed by atoms with E-state index < -0.39 is 0 Å². The van der Waals surface area contributed by atoms with Gasteiger partial charge in [0.1, 0.15) is 4.99 Å². The Labute approximate surface area is 129 Å². The molecule has 2 aromatic rings. The third-order valence-corrected chi connectivity index (χ3v) is 5.23. The summed E-state index contributed by atoms with van der Waals surface area (Å²) in [6, 6.07) is 11.0. The number of rotatable bonds is 3. The van der Waals surface area contributed by atoms with E-state index in [4.69, 9.17) is 18.0 Å². The predicted molar refractivity (Wildman–Crippen MR) is 89.2 cm³/mol. The average molecular weight is 302 g/mol. The van der Waals surface area contributed by atoms with E-state index in [-0.39, 0.29) is 0 Å². The number of benzene rings is 1. The third kappa shape index (κ3) is 2.64. The summed E-state index contributed by atoms with van der Waals surface area (Å²) in [5, 5.41) is 2.21. The Bertz CT molecular complexity index is 633. The van der Waals surface area contributed by atoms with Crippen molar-refractivity contribution in [3.63, 3.8) is 0 Å². The third-order valence-electron chi connectivity index (χ3n) is 4.00. The van der Waals surface area contributed by atoms with E-state index in [1.54, 1.807) is 4.88 Å². The van der Waals surface area contributed by atoms with Crippen LogP contribution in [0.4, 0.5) is 0 Å². The average Bonchev–Trinajstić information content (AvgIpc) is 2.91. The maximum atomic E-state index is 5.71. The molecule has 0 spiro atoms. The molecule has 1 aromatic heterocycles. The molecule has 0 amide bonds. The molecular weight excluding hydrogens is 284 g/mol. The number of hydrogen-bond acceptors (Lipinski definition) is 3. The van der Waals surface area contributed by atoms with Gasteiger partial charge < -0.3 is 5.73 Å². The lowest BCUT2D eigenvalue weighted by atomic mass is 10.0. The van der Waals surface area contributed by atoms with Crippen LogP contribution in [0.25, 0.3) is 0 Å². The van der Waals surface area contributed by atoms with Gasteiger partial charge in [0, 0.05) is 29.6 Å². The van der Waals surface area contributed by atoms with Crippen molar-refractivity contribution in [2.24, 2.45) is 5.73 Å². The van der Waals surface area contributed by atoms with Crippen LogP contribution in [-0.2, 0) is 13.0 Å². The molecule has 0 fully saturated rings. The van der Waals surface area contributed by atoms with Crippen molar-refractivity contribution in [3.8, 4) is 0 Å². The van der Waals surface area contributed by atoms with Crippen molar-refractivity contribution in [3.05, 3.63) is 57.3 Å². The van der Waals surface area contributed by atoms with Crippen molar-refractivity contribution < 1.29 is 0 Å². The Morgan fingerprint density at radius 1 is 1.45 bits per heavy atom. The largest absolute Gasteiger partial charge is 0.389 e. The summed E-state index contributed by atoms with van der Waals surface area (Å²) in [6.45, 7) is 4.36. The van der Waals surface area contributed by atoms with Gasteiger partial charge in [-0.1, -0.05) is 30.4 Å². The first-order chi connectivity index (χ1) is 9.65. The lowest BCUT2D eigenvalue weighted by Gasteiger charge is -2.33. The molecule has 2 heterocycles. The highest BCUT2D eigenvalue weighted by Crippen LogP contribution is 2.33. The van der Waals surface area contributed by atoms with Crippen molar-refractivity contribution >= 4 is 28.5 Å². The molecule has 0 bridgehead atoms. The number of thiophene rings is 1. The van der Waals surface area contributed by atoms with Crippen LogP contribution >= 0.6 is 23.6 Å². The molecule has 0 saturated carbocycles. The first-order valence-electron chi connectivity index (χ1n) is 6.84. The monoisotopic (exact) mass is 302 g/mol. The molecule has 1 unspecified atom stereocenters. The van der Waals surface area contributed by atoms with Gasteiger partial charge in [0.25, 0.3) is 0 Å². The van der Waals surface area contributed by atoms with Crippen LogP contribution in [0.5, 0.6) is 0 Å². The number of nitrogens with two attached hydrogens (primary N) is 1. The van der Waals surface area contributed by atoms with E-state index >= 15 is 0 Å². The van der Waals surface area contributed by atoms with E-state index in [9.17, 15) is 0 Å². The molecule has 1 aliphatic heterocycles. The standard InChI is InChI=1S/C16H18N2S2/c1-11-14-6-8-20-15(14)5-7-18(11)10-12-3-2-4-13(9-12)16(17)19/h2-4,6,8-9,11H,5,7,10H2,1H3,(H2,17,19). The highest BCUT2D eigenvalue weighted by atomic mass is 32.1. The summed E-state index contributed by atoms with van der Waals surface area (Å²) in [5.41, 5.74) is 9.44. The maximum absolute atomic E-state index is 5.71. The minimum Gasteiger partial charge on any atom is -0.389 e. The quantitative estimate of drug-likeness (QED) is 0.880. The molecule has 1 aliphatic rings. The van der Waals surface area contributed by atoms with Gasteiger partial charge in [0.15, 0.2) is 0 Å². The Morgan fingerprint density at radius 2 is 2.30 bits per heavy atom. The Kier molecular flexibility index (Phi) is 3.87. The van der Waals surface area contributed by atoms with Crippen molar-refractivity contribution in [1.29, 1.82) is 0 Å². The van der Waals surface area contributed by atoms with Crippen LogP contribution < -0.4 is 5.73 Å². The van der Waals surface area contributed by atoms with Crippen LogP contribution in [-0.4, -0.2) is 16.4 Å². The van der Waals surface area contributed by atoms with Crippen LogP contribution in [0.1, 0.15) is 34.5 Å². The molecule has 1 atom stereocenters. The van der Waals surface area contributed by atoms with E-state index in [1.807, 2.05) is 23.5 Å². The summed E-state index contributed by atoms with van der Waals surface area (Å²) in [4.78, 5) is 4.54. The zero-order valence-corrected chi connectivity index (χ0v) is 13.1. The summed E-state index contributed by atoms with van der Waals surface area (Å²) < 4.78 is 0. The minimum atomic E-state index is 0.471. The van der Waals surface area contributed by atoms with Gasteiger partial charge >= 0.3 is 0 Å². The second kappa shape index (κ2) is 5.64. The summed E-state index contributed by atoms with van der Waals surface area (Å²) >= 11 is 6.94. The topological polar surface area (TPSA) is 29.3 Å². The number of thiocarbonyl (C=S) groups is 1. The zero-order chi connectivity index (χ0) is 14.1. The number of nitrogens with zero attached hydrogens (tertiary/aromatic N) is 1. The van der Waals surface area contributed by atoms with Crippen LogP contribution in [0.2, 0.25) is 0 Å². The smallest absolute Gasteiger partial charge is 0.103 e. The molecule has 0 radical (unpaired) electrons. The molecule has 0 aliphatic carbocycles. The fraction of sp³-hybridized carbons (Fsp3) is 0.312. The molecule has 3 rings (SSSR count). The van der Waals surface area contributed by atoms with E-state index in [0.717, 1.165) is 25.1 Å². The Morgan fingerprint density at radius 3 is 3.10 bits per heavy atom. The number of fused-ring (bicyclic) bond motifs is 1. The van der Waals surface area contributed by atoms with Crippen molar-refractivity contribution in [2.45, 2.75) is 25.9 Å². The van der Waals surface area contributed by atoms with Crippen LogP contribution in [0.3, 0.4) is 0 Å². The molecule has 2 nitrogen and oxygen atoms in total. The fourth-order valence-corrected chi connectivity index (χ4v) is 3.92. The molecular formula is C16H18N2S2. The van der Waals surface area contributed by atoms with Crippen LogP contribution in [0, 0.1) is 0 Å². The summed E-state index contributed by atoms with van der Waals surface area (Å²) in [6.07, 6.45) is 1.16. The normalized spacial score (nSPS) is 18.8. The van der Waals surface area contributed by atoms with Crippen LogP contribution in [0.15, 0.2) is 35.7 Å². The Hall–Kier alpha value is -1.23. The second-order valence-corrected chi connectivity index (χ2v) is 6.70. The van der Waals surface area contributed by atoms with E-state index in [1.165, 1.54) is 11.1 Å². The first kappa shape index (κ1) is 13.7. The predicted octanol–water partition coefficient (Wildman–Crippen LogP) is 3.50. The summed E-state index contributed by atoms with van der Waals surface area (Å²) in [7, 11) is 0. The van der Waals surface area contributed by atoms with E-state index in [0.29, 0.717) is 11.0 Å². The highest BCUT2D eigenvalue weighted by Gasteiger charge is 2.24. The lowest BCUT2D eigenvalue weighted by molar-refractivity contribution is 0.191. The van der Waals surface area contributed by atoms with Gasteiger partial charge in [0.2, 0.25) is 0 Å². The van der Waals surface area contributed by atoms with Gasteiger partial charge in [-0.3, -0.25) is 4.90 Å². The first-order valence-corrected chi connectivity index (χ1v) is 8.13. The second-order valence-electron chi connectivity index (χ2n) is 5.26. The molecule has 104 valence electrons. The fourth-order valence-electron chi connectivity index (χ4n) is 2.83. The lowest BCUT2D eigenvalue weighted by Crippen LogP contribution is -2.32. The molecule has 2 N–H and O–H groups in total. The minimum absolute atomic E-state index is 0.471. The summed E-state index contributed by atoms with van der Waals surface area (Å²) in [5.74, 6) is 0. The molecule has 1 aromatic carbocycles. The van der Waals surface area contributed by atoms with Gasteiger partial charge in [-0.2, -0.15) is 0 Å². The van der Waals surface area contributed by atoms with Gasteiger partial charge in [-0.05, 0) is 42.0 Å². The molecule has 4 heteroatoms. The van der Waals surface area contributed by atoms with E-state index in [2.05, 4.69) is 35.4 Å². The SMILES string of the molecule is CC1c2ccsc2CCN1Cc1cccc(C(N)=S)c1. The van der Waals surface area contributed by atoms with Crippen molar-refractivity contribution in [1.82, 2.24) is 4.90 Å².